The van der Waals surface area contributed by atoms with Crippen molar-refractivity contribution < 1.29 is 14.5 Å². The number of rotatable bonds is 6. The smallest absolute Gasteiger partial charge is 0.287 e. The lowest BCUT2D eigenvalue weighted by Gasteiger charge is -2.07. The Morgan fingerprint density at radius 2 is 1.85 bits per heavy atom. The maximum atomic E-state index is 12.0. The zero-order chi connectivity index (χ0) is 20.0. The molecular formula is C17H14Cl2N4O4. The van der Waals surface area contributed by atoms with E-state index in [1.165, 1.54) is 12.1 Å². The number of anilines is 1. The number of nitrogens with zero attached hydrogens (tertiary/aromatic N) is 2. The minimum absolute atomic E-state index is 0.0630. The Morgan fingerprint density at radius 1 is 1.15 bits per heavy atom. The Hall–Kier alpha value is -2.97. The van der Waals surface area contributed by atoms with Crippen LogP contribution in [0, 0.1) is 10.1 Å². The van der Waals surface area contributed by atoms with Crippen molar-refractivity contribution in [3.8, 4) is 0 Å². The molecule has 0 aliphatic rings. The number of hydrazone groups is 1. The summed E-state index contributed by atoms with van der Waals surface area (Å²) in [5, 5.41) is 17.4. The lowest BCUT2D eigenvalue weighted by Crippen LogP contribution is -2.21. The van der Waals surface area contributed by atoms with Gasteiger partial charge in [-0.2, -0.15) is 5.10 Å². The fourth-order valence-electron chi connectivity index (χ4n) is 2.04. The van der Waals surface area contributed by atoms with Gasteiger partial charge >= 0.3 is 0 Å². The van der Waals surface area contributed by atoms with Crippen molar-refractivity contribution in [1.29, 1.82) is 0 Å². The Labute approximate surface area is 164 Å². The van der Waals surface area contributed by atoms with Crippen molar-refractivity contribution >= 4 is 52.1 Å². The highest BCUT2D eigenvalue weighted by atomic mass is 35.5. The molecule has 0 fully saturated rings. The molecule has 0 aromatic heterocycles. The predicted molar refractivity (Wildman–Crippen MR) is 103 cm³/mol. The van der Waals surface area contributed by atoms with Crippen molar-refractivity contribution in [1.82, 2.24) is 5.43 Å². The van der Waals surface area contributed by atoms with Crippen molar-refractivity contribution in [2.24, 2.45) is 5.10 Å². The lowest BCUT2D eigenvalue weighted by atomic mass is 10.2. The number of benzene rings is 2. The number of nitro groups is 1. The van der Waals surface area contributed by atoms with Gasteiger partial charge in [0.05, 0.1) is 22.1 Å². The second kappa shape index (κ2) is 9.11. The first-order chi connectivity index (χ1) is 12.8. The van der Waals surface area contributed by atoms with Gasteiger partial charge < -0.3 is 5.32 Å². The van der Waals surface area contributed by atoms with E-state index in [-0.39, 0.29) is 28.6 Å². The number of amides is 2. The van der Waals surface area contributed by atoms with Crippen LogP contribution in [0.1, 0.15) is 23.7 Å². The first-order valence-corrected chi connectivity index (χ1v) is 8.35. The number of hydrogen-bond donors (Lipinski definition) is 2. The molecule has 0 radical (unpaired) electrons. The molecule has 2 aromatic rings. The van der Waals surface area contributed by atoms with E-state index in [0.717, 1.165) is 6.07 Å². The SMILES string of the molecule is CC(CC(=O)Nc1ccccc1Cl)=NNC(=O)c1ccc([N+](=O)[O-])c(Cl)c1. The predicted octanol–water partition coefficient (Wildman–Crippen LogP) is 4.04. The minimum atomic E-state index is -0.649. The van der Waals surface area contributed by atoms with E-state index >= 15 is 0 Å². The van der Waals surface area contributed by atoms with Crippen molar-refractivity contribution in [2.45, 2.75) is 13.3 Å². The van der Waals surface area contributed by atoms with Crippen molar-refractivity contribution in [3.63, 3.8) is 0 Å². The number of hydrogen-bond acceptors (Lipinski definition) is 5. The minimum Gasteiger partial charge on any atom is -0.324 e. The molecule has 27 heavy (non-hydrogen) atoms. The van der Waals surface area contributed by atoms with Gasteiger partial charge in [-0.1, -0.05) is 35.3 Å². The quantitative estimate of drug-likeness (QED) is 0.426. The van der Waals surface area contributed by atoms with Crippen LogP contribution in [0.4, 0.5) is 11.4 Å². The number of para-hydroxylation sites is 1. The second-order valence-electron chi connectivity index (χ2n) is 5.42. The summed E-state index contributed by atoms with van der Waals surface area (Å²) in [6, 6.07) is 10.3. The molecule has 2 N–H and O–H groups in total. The molecule has 0 heterocycles. The van der Waals surface area contributed by atoms with Gasteiger partial charge in [-0.25, -0.2) is 5.43 Å². The Kier molecular flexibility index (Phi) is 6.86. The summed E-state index contributed by atoms with van der Waals surface area (Å²) in [6.45, 7) is 1.56. The number of nitro benzene ring substituents is 1. The molecule has 2 rings (SSSR count). The van der Waals surface area contributed by atoms with E-state index in [4.69, 9.17) is 23.2 Å². The maximum Gasteiger partial charge on any atom is 0.287 e. The van der Waals surface area contributed by atoms with Crippen LogP contribution < -0.4 is 10.7 Å². The summed E-state index contributed by atoms with van der Waals surface area (Å²) in [7, 11) is 0. The van der Waals surface area contributed by atoms with Crippen LogP contribution in [-0.2, 0) is 4.79 Å². The van der Waals surface area contributed by atoms with Gasteiger partial charge in [0.25, 0.3) is 11.6 Å². The molecule has 0 saturated heterocycles. The fraction of sp³-hybridized carbons (Fsp3) is 0.118. The average molecular weight is 409 g/mol. The molecule has 0 aliphatic carbocycles. The molecule has 0 aliphatic heterocycles. The Balaban J connectivity index is 1.95. The zero-order valence-corrected chi connectivity index (χ0v) is 15.5. The summed E-state index contributed by atoms with van der Waals surface area (Å²) in [4.78, 5) is 34.1. The largest absolute Gasteiger partial charge is 0.324 e. The standard InChI is InChI=1S/C17H14Cl2N4O4/c1-10(8-16(24)20-14-5-3-2-4-12(14)18)21-22-17(25)11-6-7-15(23(26)27)13(19)9-11/h2-7,9H,8H2,1H3,(H,20,24)(H,22,25). The number of carbonyl (C=O) groups excluding carboxylic acids is 2. The molecule has 0 bridgehead atoms. The van der Waals surface area contributed by atoms with Crippen LogP contribution in [0.3, 0.4) is 0 Å². The van der Waals surface area contributed by atoms with E-state index in [1.54, 1.807) is 31.2 Å². The normalized spacial score (nSPS) is 11.0. The molecule has 8 nitrogen and oxygen atoms in total. The van der Waals surface area contributed by atoms with Gasteiger partial charge in [0.2, 0.25) is 5.91 Å². The van der Waals surface area contributed by atoms with Crippen molar-refractivity contribution in [2.75, 3.05) is 5.32 Å². The molecule has 2 aromatic carbocycles. The molecule has 0 atom stereocenters. The lowest BCUT2D eigenvalue weighted by molar-refractivity contribution is -0.384. The third-order valence-electron chi connectivity index (χ3n) is 3.32. The van der Waals surface area contributed by atoms with Gasteiger partial charge in [-0.3, -0.25) is 19.7 Å². The second-order valence-corrected chi connectivity index (χ2v) is 6.23. The maximum absolute atomic E-state index is 12.0. The Bertz CT molecular complexity index is 931. The highest BCUT2D eigenvalue weighted by Crippen LogP contribution is 2.25. The van der Waals surface area contributed by atoms with Crippen molar-refractivity contribution in [3.05, 3.63) is 68.2 Å². The fourth-order valence-corrected chi connectivity index (χ4v) is 2.47. The van der Waals surface area contributed by atoms with Gasteiger partial charge in [-0.05, 0) is 31.2 Å². The molecule has 140 valence electrons. The van der Waals surface area contributed by atoms with Crippen LogP contribution in [0.15, 0.2) is 47.6 Å². The highest BCUT2D eigenvalue weighted by molar-refractivity contribution is 6.34. The van der Waals surface area contributed by atoms with Crippen LogP contribution >= 0.6 is 23.2 Å². The summed E-state index contributed by atoms with van der Waals surface area (Å²) in [5.74, 6) is -0.963. The zero-order valence-electron chi connectivity index (χ0n) is 14.0. The molecule has 0 saturated carbocycles. The molecule has 2 amide bonds. The summed E-state index contributed by atoms with van der Waals surface area (Å²) < 4.78 is 0. The average Bonchev–Trinajstić information content (AvgIpc) is 2.61. The van der Waals surface area contributed by atoms with Crippen LogP contribution in [0.25, 0.3) is 0 Å². The van der Waals surface area contributed by atoms with Crippen LogP contribution in [0.5, 0.6) is 0 Å². The molecule has 0 unspecified atom stereocenters. The van der Waals surface area contributed by atoms with Gasteiger partial charge in [-0.15, -0.1) is 0 Å². The van der Waals surface area contributed by atoms with E-state index in [0.29, 0.717) is 16.4 Å². The molecular weight excluding hydrogens is 395 g/mol. The van der Waals surface area contributed by atoms with Gasteiger partial charge in [0.15, 0.2) is 0 Å². The van der Waals surface area contributed by atoms with E-state index < -0.39 is 10.8 Å². The Morgan fingerprint density at radius 3 is 2.48 bits per heavy atom. The number of halogens is 2. The van der Waals surface area contributed by atoms with E-state index in [2.05, 4.69) is 15.8 Å². The van der Waals surface area contributed by atoms with Crippen LogP contribution in [-0.4, -0.2) is 22.4 Å². The topological polar surface area (TPSA) is 114 Å². The van der Waals surface area contributed by atoms with Gasteiger partial charge in [0.1, 0.15) is 5.02 Å². The molecule has 10 heteroatoms. The third kappa shape index (κ3) is 5.77. The van der Waals surface area contributed by atoms with Crippen LogP contribution in [0.2, 0.25) is 10.0 Å². The monoisotopic (exact) mass is 408 g/mol. The van der Waals surface area contributed by atoms with E-state index in [1.807, 2.05) is 0 Å². The summed E-state index contributed by atoms with van der Waals surface area (Å²) in [6.07, 6.45) is -0.0630. The first kappa shape index (κ1) is 20.3. The third-order valence-corrected chi connectivity index (χ3v) is 3.95. The van der Waals surface area contributed by atoms with Gasteiger partial charge in [0, 0.05) is 17.3 Å². The first-order valence-electron chi connectivity index (χ1n) is 7.59. The number of nitrogens with one attached hydrogen (secondary N) is 2. The summed E-state index contributed by atoms with van der Waals surface area (Å²) in [5.41, 5.74) is 2.89. The summed E-state index contributed by atoms with van der Waals surface area (Å²) >= 11 is 11.7. The highest BCUT2D eigenvalue weighted by Gasteiger charge is 2.15. The molecule has 0 spiro atoms. The van der Waals surface area contributed by atoms with E-state index in [9.17, 15) is 19.7 Å². The number of carbonyl (C=O) groups is 2.